The lowest BCUT2D eigenvalue weighted by atomic mass is 9.99. The summed E-state index contributed by atoms with van der Waals surface area (Å²) in [6, 6.07) is 16.3. The van der Waals surface area contributed by atoms with Crippen molar-refractivity contribution in [3.05, 3.63) is 90.0 Å². The van der Waals surface area contributed by atoms with Gasteiger partial charge in [0.05, 0.1) is 23.8 Å². The van der Waals surface area contributed by atoms with Crippen LogP contribution in [-0.2, 0) is 22.6 Å². The van der Waals surface area contributed by atoms with Crippen molar-refractivity contribution in [3.63, 3.8) is 0 Å². The van der Waals surface area contributed by atoms with Gasteiger partial charge in [0, 0.05) is 26.1 Å². The number of hydrogen-bond donors (Lipinski definition) is 1. The van der Waals surface area contributed by atoms with E-state index in [1.807, 2.05) is 60.1 Å². The molecule has 2 aliphatic rings. The molecule has 12 heteroatoms. The van der Waals surface area contributed by atoms with Crippen molar-refractivity contribution in [3.8, 4) is 5.69 Å². The summed E-state index contributed by atoms with van der Waals surface area (Å²) in [4.78, 5) is 49.7. The first-order valence-corrected chi connectivity index (χ1v) is 15.3. The molecule has 228 valence electrons. The van der Waals surface area contributed by atoms with Gasteiger partial charge in [-0.05, 0) is 56.7 Å². The third-order valence-electron chi connectivity index (χ3n) is 8.36. The number of para-hydroxylation sites is 1. The lowest BCUT2D eigenvalue weighted by Gasteiger charge is -2.36. The molecular weight excluding hydrogens is 558 g/mol. The van der Waals surface area contributed by atoms with E-state index >= 15 is 0 Å². The Morgan fingerprint density at radius 1 is 0.909 bits per heavy atom. The number of rotatable bonds is 4. The zero-order chi connectivity index (χ0) is 30.5. The van der Waals surface area contributed by atoms with Crippen LogP contribution in [0.2, 0.25) is 0 Å². The Labute approximate surface area is 256 Å². The Morgan fingerprint density at radius 2 is 1.68 bits per heavy atom. The summed E-state index contributed by atoms with van der Waals surface area (Å²) < 4.78 is 3.53. The monoisotopic (exact) mass is 595 g/mol. The fourth-order valence-corrected chi connectivity index (χ4v) is 6.19. The fraction of sp³-hybridized carbons (Fsp3) is 0.406. The summed E-state index contributed by atoms with van der Waals surface area (Å²) in [5, 5.41) is 15.7. The highest BCUT2D eigenvalue weighted by Gasteiger charge is 2.34. The molecule has 4 aromatic rings. The number of aromatic nitrogens is 6. The Hall–Kier alpha value is -4.87. The van der Waals surface area contributed by atoms with E-state index < -0.39 is 12.1 Å². The summed E-state index contributed by atoms with van der Waals surface area (Å²) in [5.41, 5.74) is 2.24. The van der Waals surface area contributed by atoms with Gasteiger partial charge < -0.3 is 15.1 Å². The molecule has 0 radical (unpaired) electrons. The van der Waals surface area contributed by atoms with E-state index in [4.69, 9.17) is 4.98 Å². The molecular formula is C32H37N9O3. The van der Waals surface area contributed by atoms with Gasteiger partial charge in [-0.3, -0.25) is 19.0 Å². The zero-order valence-corrected chi connectivity index (χ0v) is 24.9. The standard InChI is InChI=1S/C32H37N9O3/c1-23-35-30-26(20-24-10-3-2-4-11-24)36-31(43)28-14-7-8-17-40(28)29(42)15-9-16-38(18-19-41(30)37-23)32(44)25-12-5-6-13-27(25)39-21-33-34-22-39/h2-6,10-13,21-22,26,28H,7-9,14-20H2,1H3,(H,36,43)/t26-,28+/m1/s1. The predicted octanol–water partition coefficient (Wildman–Crippen LogP) is 2.88. The molecule has 2 aliphatic heterocycles. The molecule has 0 unspecified atom stereocenters. The molecule has 0 spiro atoms. The Morgan fingerprint density at radius 3 is 2.50 bits per heavy atom. The minimum atomic E-state index is -0.539. The lowest BCUT2D eigenvalue weighted by molar-refractivity contribution is -0.142. The molecule has 1 fully saturated rings. The minimum absolute atomic E-state index is 0.0576. The van der Waals surface area contributed by atoms with Crippen LogP contribution >= 0.6 is 0 Å². The van der Waals surface area contributed by atoms with Gasteiger partial charge in [0.25, 0.3) is 5.91 Å². The molecule has 0 bridgehead atoms. The van der Waals surface area contributed by atoms with Crippen LogP contribution in [0, 0.1) is 6.92 Å². The number of carbonyl (C=O) groups excluding carboxylic acids is 3. The van der Waals surface area contributed by atoms with Crippen LogP contribution in [0.1, 0.15) is 65.7 Å². The normalized spacial score (nSPS) is 19.9. The second-order valence-corrected chi connectivity index (χ2v) is 11.4. The Kier molecular flexibility index (Phi) is 8.76. The highest BCUT2D eigenvalue weighted by molar-refractivity contribution is 5.97. The number of nitrogens with zero attached hydrogens (tertiary/aromatic N) is 8. The summed E-state index contributed by atoms with van der Waals surface area (Å²) in [6.45, 7) is 3.47. The molecule has 2 aromatic heterocycles. The summed E-state index contributed by atoms with van der Waals surface area (Å²) in [5.74, 6) is 0.838. The molecule has 4 heterocycles. The molecule has 3 amide bonds. The quantitative estimate of drug-likeness (QED) is 0.384. The second kappa shape index (κ2) is 13.2. The van der Waals surface area contributed by atoms with Crippen molar-refractivity contribution in [2.45, 2.75) is 64.1 Å². The van der Waals surface area contributed by atoms with Crippen LogP contribution in [0.25, 0.3) is 5.69 Å². The van der Waals surface area contributed by atoms with Gasteiger partial charge >= 0.3 is 0 Å². The number of benzene rings is 2. The first-order valence-electron chi connectivity index (χ1n) is 15.3. The molecule has 1 N–H and O–H groups in total. The summed E-state index contributed by atoms with van der Waals surface area (Å²) >= 11 is 0. The molecule has 2 aromatic carbocycles. The van der Waals surface area contributed by atoms with Crippen molar-refractivity contribution in [2.75, 3.05) is 19.6 Å². The number of hydrogen-bond acceptors (Lipinski definition) is 7. The highest BCUT2D eigenvalue weighted by atomic mass is 16.2. The van der Waals surface area contributed by atoms with Crippen molar-refractivity contribution >= 4 is 17.7 Å². The number of amides is 3. The summed E-state index contributed by atoms with van der Waals surface area (Å²) in [7, 11) is 0. The van der Waals surface area contributed by atoms with E-state index in [1.165, 1.54) is 0 Å². The molecule has 0 aliphatic carbocycles. The maximum atomic E-state index is 14.1. The maximum absolute atomic E-state index is 14.1. The van der Waals surface area contributed by atoms with Crippen molar-refractivity contribution < 1.29 is 14.4 Å². The maximum Gasteiger partial charge on any atom is 0.256 e. The Balaban J connectivity index is 1.35. The van der Waals surface area contributed by atoms with Gasteiger partial charge in [0.2, 0.25) is 11.8 Å². The van der Waals surface area contributed by atoms with E-state index in [2.05, 4.69) is 20.6 Å². The van der Waals surface area contributed by atoms with Crippen LogP contribution in [0.5, 0.6) is 0 Å². The largest absolute Gasteiger partial charge is 0.344 e. The van der Waals surface area contributed by atoms with Gasteiger partial charge in [-0.1, -0.05) is 42.5 Å². The van der Waals surface area contributed by atoms with Crippen LogP contribution in [0.4, 0.5) is 0 Å². The van der Waals surface area contributed by atoms with E-state index in [1.54, 1.807) is 33.1 Å². The predicted molar refractivity (Wildman–Crippen MR) is 162 cm³/mol. The smallest absolute Gasteiger partial charge is 0.256 e. The van der Waals surface area contributed by atoms with Crippen LogP contribution in [-0.4, -0.2) is 82.7 Å². The molecule has 0 saturated carbocycles. The van der Waals surface area contributed by atoms with E-state index in [9.17, 15) is 14.4 Å². The van der Waals surface area contributed by atoms with E-state index in [-0.39, 0.29) is 24.1 Å². The number of fused-ring (bicyclic) bond motifs is 2. The van der Waals surface area contributed by atoms with Gasteiger partial charge in [-0.15, -0.1) is 10.2 Å². The lowest BCUT2D eigenvalue weighted by Crippen LogP contribution is -2.53. The van der Waals surface area contributed by atoms with Gasteiger partial charge in [0.1, 0.15) is 30.3 Å². The first-order chi connectivity index (χ1) is 21.5. The van der Waals surface area contributed by atoms with Crippen molar-refractivity contribution in [2.24, 2.45) is 0 Å². The number of aryl methyl sites for hydroxylation is 1. The third kappa shape index (κ3) is 6.38. The molecule has 44 heavy (non-hydrogen) atoms. The van der Waals surface area contributed by atoms with Crippen molar-refractivity contribution in [1.82, 2.24) is 44.6 Å². The van der Waals surface area contributed by atoms with Gasteiger partial charge in [0.15, 0.2) is 0 Å². The fourth-order valence-electron chi connectivity index (χ4n) is 6.19. The van der Waals surface area contributed by atoms with Crippen molar-refractivity contribution in [1.29, 1.82) is 0 Å². The second-order valence-electron chi connectivity index (χ2n) is 11.4. The topological polar surface area (TPSA) is 131 Å². The third-order valence-corrected chi connectivity index (χ3v) is 8.36. The number of nitrogens with one attached hydrogen (secondary N) is 1. The van der Waals surface area contributed by atoms with E-state index in [0.717, 1.165) is 18.4 Å². The minimum Gasteiger partial charge on any atom is -0.344 e. The number of carbonyl (C=O) groups is 3. The van der Waals surface area contributed by atoms with Gasteiger partial charge in [-0.25, -0.2) is 9.67 Å². The zero-order valence-electron chi connectivity index (χ0n) is 24.9. The molecule has 6 rings (SSSR count). The molecule has 1 saturated heterocycles. The average molecular weight is 596 g/mol. The SMILES string of the molecule is Cc1nc2n(n1)CCN(C(=O)c1ccccc1-n1cnnc1)CCCC(=O)N1CCCC[C@H]1C(=O)N[C@@H]2Cc1ccccc1. The van der Waals surface area contributed by atoms with Crippen LogP contribution in [0.15, 0.2) is 67.3 Å². The van der Waals surface area contributed by atoms with Gasteiger partial charge in [-0.2, -0.15) is 5.10 Å². The Bertz CT molecular complexity index is 1600. The van der Waals surface area contributed by atoms with Crippen LogP contribution in [0.3, 0.4) is 0 Å². The molecule has 12 nitrogen and oxygen atoms in total. The number of piperidine rings is 1. The first kappa shape index (κ1) is 29.2. The molecule has 2 atom stereocenters. The highest BCUT2D eigenvalue weighted by Crippen LogP contribution is 2.24. The average Bonchev–Trinajstić information content (AvgIpc) is 3.72. The van der Waals surface area contributed by atoms with E-state index in [0.29, 0.717) is 68.3 Å². The van der Waals surface area contributed by atoms with Crippen LogP contribution < -0.4 is 5.32 Å². The summed E-state index contributed by atoms with van der Waals surface area (Å²) in [6.07, 6.45) is 6.73.